The number of ether oxygens (including phenoxy) is 5. The third kappa shape index (κ3) is 4.55. The normalized spacial score (nSPS) is 21.8. The quantitative estimate of drug-likeness (QED) is 0.392. The van der Waals surface area contributed by atoms with Crippen molar-refractivity contribution in [3.05, 3.63) is 71.3 Å². The van der Waals surface area contributed by atoms with Crippen molar-refractivity contribution < 1.29 is 48.4 Å². The summed E-state index contributed by atoms with van der Waals surface area (Å²) in [7, 11) is 3.14. The van der Waals surface area contributed by atoms with Crippen LogP contribution in [0.3, 0.4) is 0 Å². The highest BCUT2D eigenvalue weighted by Gasteiger charge is 2.43. The van der Waals surface area contributed by atoms with Gasteiger partial charge in [0.25, 0.3) is 0 Å². The van der Waals surface area contributed by atoms with Crippen LogP contribution in [0.4, 0.5) is 0 Å². The minimum atomic E-state index is -0.837. The molecule has 0 fully saturated rings. The predicted octanol–water partition coefficient (Wildman–Crippen LogP) is 3.25. The molecule has 12 nitrogen and oxygen atoms in total. The smallest absolute Gasteiger partial charge is 0.358 e. The molecule has 3 aliphatic heterocycles. The van der Waals surface area contributed by atoms with E-state index in [1.165, 1.54) is 12.1 Å². The molecular formula is C29H28N2O10. The topological polar surface area (TPSA) is 139 Å². The van der Waals surface area contributed by atoms with Gasteiger partial charge in [0.1, 0.15) is 36.9 Å². The second-order valence-corrected chi connectivity index (χ2v) is 9.83. The van der Waals surface area contributed by atoms with Gasteiger partial charge >= 0.3 is 5.97 Å². The number of nitrogens with zero attached hydrogens (tertiary/aromatic N) is 2. The monoisotopic (exact) mass is 564 g/mol. The molecule has 0 aliphatic carbocycles. The molecule has 0 radical (unpaired) electrons. The highest BCUT2D eigenvalue weighted by Crippen LogP contribution is 2.47. The van der Waals surface area contributed by atoms with Gasteiger partial charge in [-0.15, -0.1) is 4.73 Å². The van der Waals surface area contributed by atoms with Crippen LogP contribution in [-0.4, -0.2) is 66.3 Å². The number of rotatable bonds is 8. The summed E-state index contributed by atoms with van der Waals surface area (Å²) in [6, 6.07) is 11.7. The highest BCUT2D eigenvalue weighted by molar-refractivity contribution is 6.07. The van der Waals surface area contributed by atoms with Crippen molar-refractivity contribution >= 4 is 11.7 Å². The number of hydrogen-bond acceptors (Lipinski definition) is 11. The first-order valence-corrected chi connectivity index (χ1v) is 12.8. The molecule has 0 amide bonds. The van der Waals surface area contributed by atoms with Crippen molar-refractivity contribution in [3.63, 3.8) is 0 Å². The fourth-order valence-corrected chi connectivity index (χ4v) is 5.26. The third-order valence-electron chi connectivity index (χ3n) is 7.21. The molecule has 4 heterocycles. The summed E-state index contributed by atoms with van der Waals surface area (Å²) >= 11 is 0. The number of carbonyl (C=O) groups is 1. The minimum Gasteiger partial charge on any atom is -0.493 e. The molecule has 0 saturated heterocycles. The van der Waals surface area contributed by atoms with Crippen molar-refractivity contribution in [2.45, 2.75) is 31.2 Å². The average molecular weight is 565 g/mol. The lowest BCUT2D eigenvalue weighted by Gasteiger charge is -2.28. The molecular weight excluding hydrogens is 536 g/mol. The van der Waals surface area contributed by atoms with Gasteiger partial charge < -0.3 is 43.6 Å². The van der Waals surface area contributed by atoms with Crippen LogP contribution < -0.4 is 23.8 Å². The summed E-state index contributed by atoms with van der Waals surface area (Å²) in [5.74, 6) is 0.434. The maximum absolute atomic E-state index is 12.5. The van der Waals surface area contributed by atoms with Crippen LogP contribution in [0.2, 0.25) is 0 Å². The molecule has 41 heavy (non-hydrogen) atoms. The second-order valence-electron chi connectivity index (χ2n) is 9.83. The van der Waals surface area contributed by atoms with E-state index in [0.29, 0.717) is 51.2 Å². The van der Waals surface area contributed by atoms with Gasteiger partial charge in [-0.3, -0.25) is 0 Å². The van der Waals surface area contributed by atoms with Gasteiger partial charge in [0.15, 0.2) is 17.6 Å². The number of carbonyl (C=O) groups excluding carboxylic acids is 1. The number of hydrogen-bond donors (Lipinski definition) is 2. The minimum absolute atomic E-state index is 0.230. The van der Waals surface area contributed by atoms with Crippen LogP contribution in [-0.2, 0) is 14.4 Å². The summed E-state index contributed by atoms with van der Waals surface area (Å²) in [6.45, 7) is 5.65. The molecule has 12 heteroatoms. The summed E-state index contributed by atoms with van der Waals surface area (Å²) in [6.07, 6.45) is -1.57. The van der Waals surface area contributed by atoms with E-state index in [2.05, 4.69) is 11.7 Å². The lowest BCUT2D eigenvalue weighted by molar-refractivity contribution is -0.153. The summed E-state index contributed by atoms with van der Waals surface area (Å²) in [5, 5.41) is 23.9. The standard InChI is InChI=1S/C29H28N2O10/c1-14(2)28-29(38-13-25(34)41-31-23(32)7-8-24(31)33)17-9-15(5-6-18(17)39-28)27-26-16-10-20(35-3)21(36-4)11-19(16)37-12-22(26)40-30-27/h5-11,22,26,28-29,32-33H,1,12-13H2,2-4H3/t22?,26?,28-,29?/m0/s1. The van der Waals surface area contributed by atoms with Crippen molar-refractivity contribution in [1.29, 1.82) is 0 Å². The number of methoxy groups -OCH3 is 2. The number of oxime groups is 1. The Kier molecular flexibility index (Phi) is 6.62. The molecule has 3 unspecified atom stereocenters. The van der Waals surface area contributed by atoms with Crippen LogP contribution in [0, 0.1) is 0 Å². The van der Waals surface area contributed by atoms with Gasteiger partial charge in [-0.2, -0.15) is 0 Å². The Labute approximate surface area is 234 Å². The van der Waals surface area contributed by atoms with Crippen LogP contribution in [0.1, 0.15) is 35.6 Å². The van der Waals surface area contributed by atoms with E-state index in [1.54, 1.807) is 20.3 Å². The first-order valence-electron chi connectivity index (χ1n) is 12.8. The van der Waals surface area contributed by atoms with Gasteiger partial charge in [-0.05, 0) is 36.8 Å². The van der Waals surface area contributed by atoms with Gasteiger partial charge in [0.2, 0.25) is 11.8 Å². The number of fused-ring (bicyclic) bond motifs is 4. The molecule has 214 valence electrons. The molecule has 6 rings (SSSR count). The molecule has 2 N–H and O–H groups in total. The second kappa shape index (κ2) is 10.3. The van der Waals surface area contributed by atoms with Crippen LogP contribution in [0.15, 0.2) is 59.8 Å². The molecule has 3 aliphatic rings. The van der Waals surface area contributed by atoms with Crippen LogP contribution >= 0.6 is 0 Å². The number of aromatic nitrogens is 1. The molecule has 2 aromatic carbocycles. The van der Waals surface area contributed by atoms with Crippen molar-refractivity contribution in [3.8, 4) is 34.8 Å². The Morgan fingerprint density at radius 2 is 1.78 bits per heavy atom. The fourth-order valence-electron chi connectivity index (χ4n) is 5.26. The summed E-state index contributed by atoms with van der Waals surface area (Å²) in [4.78, 5) is 23.3. The molecule has 1 aromatic heterocycles. The van der Waals surface area contributed by atoms with E-state index in [-0.39, 0.29) is 12.0 Å². The Bertz CT molecular complexity index is 1540. The van der Waals surface area contributed by atoms with E-state index < -0.39 is 36.5 Å². The third-order valence-corrected chi connectivity index (χ3v) is 7.21. The summed E-state index contributed by atoms with van der Waals surface area (Å²) < 4.78 is 29.6. The first kappa shape index (κ1) is 26.4. The van der Waals surface area contributed by atoms with Gasteiger partial charge in [0.05, 0.1) is 25.8 Å². The van der Waals surface area contributed by atoms with Crippen LogP contribution in [0.5, 0.6) is 34.8 Å². The van der Waals surface area contributed by atoms with Gasteiger partial charge in [-0.25, -0.2) is 4.79 Å². The Balaban J connectivity index is 1.28. The average Bonchev–Trinajstić information content (AvgIpc) is 3.66. The van der Waals surface area contributed by atoms with Crippen molar-refractivity contribution in [1.82, 2.24) is 4.73 Å². The first-order chi connectivity index (χ1) is 19.8. The van der Waals surface area contributed by atoms with E-state index in [1.807, 2.05) is 31.2 Å². The maximum atomic E-state index is 12.5. The van der Waals surface area contributed by atoms with E-state index >= 15 is 0 Å². The Morgan fingerprint density at radius 1 is 1.05 bits per heavy atom. The lowest BCUT2D eigenvalue weighted by atomic mass is 9.83. The van der Waals surface area contributed by atoms with Gasteiger partial charge in [0, 0.05) is 34.9 Å². The van der Waals surface area contributed by atoms with Gasteiger partial charge in [-0.1, -0.05) is 11.7 Å². The van der Waals surface area contributed by atoms with E-state index in [9.17, 15) is 15.0 Å². The van der Waals surface area contributed by atoms with Crippen LogP contribution in [0.25, 0.3) is 0 Å². The number of aromatic hydroxyl groups is 2. The fraction of sp³-hybridized carbons (Fsp3) is 0.310. The van der Waals surface area contributed by atoms with Crippen molar-refractivity contribution in [2.24, 2.45) is 5.16 Å². The molecule has 4 atom stereocenters. The predicted molar refractivity (Wildman–Crippen MR) is 143 cm³/mol. The summed E-state index contributed by atoms with van der Waals surface area (Å²) in [5.41, 5.74) is 3.73. The molecule has 0 spiro atoms. The Hall–Kier alpha value is -4.84. The molecule has 0 bridgehead atoms. The highest BCUT2D eigenvalue weighted by atomic mass is 16.7. The number of benzene rings is 2. The van der Waals surface area contributed by atoms with E-state index in [4.69, 9.17) is 33.4 Å². The molecule has 0 saturated carbocycles. The molecule has 3 aromatic rings. The zero-order chi connectivity index (χ0) is 28.8. The van der Waals surface area contributed by atoms with Crippen molar-refractivity contribution in [2.75, 3.05) is 27.4 Å². The zero-order valence-corrected chi connectivity index (χ0v) is 22.5. The largest absolute Gasteiger partial charge is 0.493 e. The van der Waals surface area contributed by atoms with E-state index in [0.717, 1.165) is 11.1 Å². The maximum Gasteiger partial charge on any atom is 0.358 e. The lowest BCUT2D eigenvalue weighted by Crippen LogP contribution is -2.32. The SMILES string of the molecule is C=C(C)[C@@H]1Oc2ccc(C3=NOC4COc5cc(OC)c(OC)cc5C34)cc2C1OCC(=O)On1c(O)ccc1O. The Morgan fingerprint density at radius 3 is 2.49 bits per heavy atom. The zero-order valence-electron chi connectivity index (χ0n) is 22.5.